The fourth-order valence-electron chi connectivity index (χ4n) is 4.10. The molecule has 0 unspecified atom stereocenters. The van der Waals surface area contributed by atoms with Crippen molar-refractivity contribution in [1.82, 2.24) is 15.5 Å². The fraction of sp³-hybridized carbons (Fsp3) is 0.318. The van der Waals surface area contributed by atoms with Crippen molar-refractivity contribution in [1.29, 1.82) is 0 Å². The van der Waals surface area contributed by atoms with E-state index in [0.29, 0.717) is 18.6 Å². The van der Waals surface area contributed by atoms with Gasteiger partial charge in [0, 0.05) is 24.6 Å². The molecule has 10 heteroatoms. The maximum atomic E-state index is 13.5. The molecule has 3 amide bonds. The number of alkyl halides is 3. The number of benzene rings is 2. The van der Waals surface area contributed by atoms with Gasteiger partial charge in [0.2, 0.25) is 11.8 Å². The van der Waals surface area contributed by atoms with Crippen molar-refractivity contribution in [3.05, 3.63) is 71.0 Å². The quantitative estimate of drug-likeness (QED) is 0.704. The zero-order chi connectivity index (χ0) is 23.0. The minimum absolute atomic E-state index is 0.0568. The number of hydrogen-bond acceptors (Lipinski definition) is 3. The number of halogens is 4. The van der Waals surface area contributed by atoms with Crippen LogP contribution in [-0.2, 0) is 22.2 Å². The maximum absolute atomic E-state index is 13.5. The number of nitrogens with one attached hydrogen (secondary N) is 2. The van der Waals surface area contributed by atoms with Gasteiger partial charge in [-0.25, -0.2) is 4.39 Å². The molecule has 0 bridgehead atoms. The summed E-state index contributed by atoms with van der Waals surface area (Å²) in [5, 5.41) is 5.27. The minimum Gasteiger partial charge on any atom is -0.347 e. The normalized spacial score (nSPS) is 23.0. The molecule has 2 aliphatic heterocycles. The Bertz CT molecular complexity index is 1060. The van der Waals surface area contributed by atoms with Gasteiger partial charge in [0.1, 0.15) is 17.9 Å². The van der Waals surface area contributed by atoms with E-state index in [2.05, 4.69) is 10.6 Å². The van der Waals surface area contributed by atoms with Crippen LogP contribution in [0.25, 0.3) is 0 Å². The molecule has 4 rings (SSSR count). The average Bonchev–Trinajstić information content (AvgIpc) is 3.16. The second-order valence-electron chi connectivity index (χ2n) is 7.86. The molecule has 2 aromatic carbocycles. The smallest absolute Gasteiger partial charge is 0.347 e. The Hall–Kier alpha value is -3.43. The zero-order valence-corrected chi connectivity index (χ0v) is 16.7. The number of nitrogens with zero attached hydrogens (tertiary/aromatic N) is 1. The standard InChI is InChI=1S/C22H19F4N3O3/c23-16-7-6-13(9-15(16)22(24,25)26)19(30)27-14-10-18-20(31)28-17(21(32)29(18)11-14)8-12-4-2-1-3-5-12/h1-7,9,14,17-18H,8,10-11H2,(H,27,30)(H,28,31)/t14-,17-,18-/m0/s1. The van der Waals surface area contributed by atoms with Crippen LogP contribution in [0.5, 0.6) is 0 Å². The van der Waals surface area contributed by atoms with Crippen LogP contribution in [0.3, 0.4) is 0 Å². The van der Waals surface area contributed by atoms with Gasteiger partial charge in [-0.05, 0) is 30.2 Å². The van der Waals surface area contributed by atoms with E-state index in [-0.39, 0.29) is 30.3 Å². The first-order chi connectivity index (χ1) is 15.1. The number of piperazine rings is 1. The summed E-state index contributed by atoms with van der Waals surface area (Å²) in [6.45, 7) is 0.0568. The molecule has 168 valence electrons. The lowest BCUT2D eigenvalue weighted by Gasteiger charge is -2.34. The molecule has 2 fully saturated rings. The number of amides is 3. The van der Waals surface area contributed by atoms with Crippen LogP contribution in [-0.4, -0.2) is 47.3 Å². The molecule has 2 N–H and O–H groups in total. The van der Waals surface area contributed by atoms with Crippen LogP contribution in [0.4, 0.5) is 17.6 Å². The van der Waals surface area contributed by atoms with Crippen molar-refractivity contribution in [2.45, 2.75) is 37.1 Å². The van der Waals surface area contributed by atoms with E-state index < -0.39 is 41.6 Å². The fourth-order valence-corrected chi connectivity index (χ4v) is 4.10. The Morgan fingerprint density at radius 3 is 2.53 bits per heavy atom. The first-order valence-electron chi connectivity index (χ1n) is 9.96. The van der Waals surface area contributed by atoms with Gasteiger partial charge in [-0.15, -0.1) is 0 Å². The lowest BCUT2D eigenvalue weighted by Crippen LogP contribution is -2.61. The number of rotatable bonds is 4. The molecule has 0 radical (unpaired) electrons. The van der Waals surface area contributed by atoms with Crippen molar-refractivity contribution in [2.75, 3.05) is 6.54 Å². The summed E-state index contributed by atoms with van der Waals surface area (Å²) in [7, 11) is 0. The van der Waals surface area contributed by atoms with Crippen LogP contribution >= 0.6 is 0 Å². The number of carbonyl (C=O) groups is 3. The van der Waals surface area contributed by atoms with E-state index in [1.807, 2.05) is 30.3 Å². The molecule has 2 aromatic rings. The van der Waals surface area contributed by atoms with Gasteiger partial charge >= 0.3 is 6.18 Å². The van der Waals surface area contributed by atoms with E-state index in [9.17, 15) is 31.9 Å². The highest BCUT2D eigenvalue weighted by Gasteiger charge is 2.46. The van der Waals surface area contributed by atoms with E-state index in [1.165, 1.54) is 4.90 Å². The Balaban J connectivity index is 1.44. The Morgan fingerprint density at radius 1 is 1.12 bits per heavy atom. The summed E-state index contributed by atoms with van der Waals surface area (Å²) < 4.78 is 52.2. The number of hydrogen-bond donors (Lipinski definition) is 2. The molecule has 0 saturated carbocycles. The molecule has 0 spiro atoms. The third-order valence-corrected chi connectivity index (χ3v) is 5.65. The molecular formula is C22H19F4N3O3. The maximum Gasteiger partial charge on any atom is 0.419 e. The second-order valence-corrected chi connectivity index (χ2v) is 7.86. The van der Waals surface area contributed by atoms with Gasteiger partial charge in [0.05, 0.1) is 5.56 Å². The van der Waals surface area contributed by atoms with E-state index in [1.54, 1.807) is 0 Å². The highest BCUT2D eigenvalue weighted by molar-refractivity contribution is 5.98. The molecule has 6 nitrogen and oxygen atoms in total. The van der Waals surface area contributed by atoms with Crippen molar-refractivity contribution < 1.29 is 31.9 Å². The van der Waals surface area contributed by atoms with Crippen molar-refractivity contribution in [2.24, 2.45) is 0 Å². The molecular weight excluding hydrogens is 430 g/mol. The van der Waals surface area contributed by atoms with Gasteiger partial charge in [0.25, 0.3) is 5.91 Å². The van der Waals surface area contributed by atoms with E-state index in [0.717, 1.165) is 11.6 Å². The van der Waals surface area contributed by atoms with Crippen LogP contribution in [0.2, 0.25) is 0 Å². The first kappa shape index (κ1) is 21.8. The predicted octanol–water partition coefficient (Wildman–Crippen LogP) is 2.28. The third kappa shape index (κ3) is 4.30. The highest BCUT2D eigenvalue weighted by atomic mass is 19.4. The first-order valence-corrected chi connectivity index (χ1v) is 9.96. The molecule has 0 aromatic heterocycles. The predicted molar refractivity (Wildman–Crippen MR) is 105 cm³/mol. The largest absolute Gasteiger partial charge is 0.419 e. The van der Waals surface area contributed by atoms with Crippen molar-refractivity contribution in [3.63, 3.8) is 0 Å². The molecule has 2 aliphatic rings. The summed E-state index contributed by atoms with van der Waals surface area (Å²) in [5.41, 5.74) is -1.01. The highest BCUT2D eigenvalue weighted by Crippen LogP contribution is 2.32. The number of carbonyl (C=O) groups excluding carboxylic acids is 3. The summed E-state index contributed by atoms with van der Waals surface area (Å²) >= 11 is 0. The van der Waals surface area contributed by atoms with Gasteiger partial charge in [0.15, 0.2) is 0 Å². The second kappa shape index (κ2) is 8.25. The van der Waals surface area contributed by atoms with E-state index in [4.69, 9.17) is 0 Å². The summed E-state index contributed by atoms with van der Waals surface area (Å²) in [4.78, 5) is 39.3. The van der Waals surface area contributed by atoms with Crippen LogP contribution in [0, 0.1) is 5.82 Å². The molecule has 3 atom stereocenters. The summed E-state index contributed by atoms with van der Waals surface area (Å²) in [6.07, 6.45) is -4.48. The number of fused-ring (bicyclic) bond motifs is 1. The average molecular weight is 449 g/mol. The molecule has 2 saturated heterocycles. The molecule has 32 heavy (non-hydrogen) atoms. The van der Waals surface area contributed by atoms with Crippen molar-refractivity contribution >= 4 is 17.7 Å². The minimum atomic E-state index is -4.94. The third-order valence-electron chi connectivity index (χ3n) is 5.65. The molecule has 0 aliphatic carbocycles. The molecule has 2 heterocycles. The Kier molecular flexibility index (Phi) is 5.62. The Morgan fingerprint density at radius 2 is 1.84 bits per heavy atom. The monoisotopic (exact) mass is 449 g/mol. The Labute approximate surface area is 180 Å². The van der Waals surface area contributed by atoms with Crippen molar-refractivity contribution in [3.8, 4) is 0 Å². The van der Waals surface area contributed by atoms with E-state index >= 15 is 0 Å². The lowest BCUT2D eigenvalue weighted by molar-refractivity contribution is -0.147. The van der Waals surface area contributed by atoms with Gasteiger partial charge in [-0.3, -0.25) is 14.4 Å². The zero-order valence-electron chi connectivity index (χ0n) is 16.7. The van der Waals surface area contributed by atoms with Crippen LogP contribution < -0.4 is 10.6 Å². The van der Waals surface area contributed by atoms with Gasteiger partial charge < -0.3 is 15.5 Å². The SMILES string of the molecule is O=C(N[C@H]1C[C@H]2C(=O)N[C@@H](Cc3ccccc3)C(=O)N2C1)c1ccc(F)c(C(F)(F)F)c1. The van der Waals surface area contributed by atoms with Gasteiger partial charge in [-0.2, -0.15) is 13.2 Å². The lowest BCUT2D eigenvalue weighted by atomic mass is 10.0. The van der Waals surface area contributed by atoms with Crippen LogP contribution in [0.15, 0.2) is 48.5 Å². The topological polar surface area (TPSA) is 78.5 Å². The van der Waals surface area contributed by atoms with Gasteiger partial charge in [-0.1, -0.05) is 30.3 Å². The summed E-state index contributed by atoms with van der Waals surface area (Å²) in [6, 6.07) is 9.04. The summed E-state index contributed by atoms with van der Waals surface area (Å²) in [5.74, 6) is -2.94. The van der Waals surface area contributed by atoms with Crippen LogP contribution in [0.1, 0.15) is 27.9 Å².